The largest absolute Gasteiger partial charge is 0.508 e. The van der Waals surface area contributed by atoms with Crippen molar-refractivity contribution in [1.29, 1.82) is 0 Å². The number of pyridine rings is 1. The molecule has 0 saturated carbocycles. The second kappa shape index (κ2) is 8.09. The molecule has 3 rings (SSSR count). The molecule has 1 atom stereocenters. The van der Waals surface area contributed by atoms with Crippen LogP contribution in [0.25, 0.3) is 0 Å². The maximum Gasteiger partial charge on any atom is 0.272 e. The summed E-state index contributed by atoms with van der Waals surface area (Å²) in [4.78, 5) is 18.2. The van der Waals surface area contributed by atoms with Crippen molar-refractivity contribution < 1.29 is 28.2 Å². The minimum absolute atomic E-state index is 0.0195. The Labute approximate surface area is 149 Å². The summed E-state index contributed by atoms with van der Waals surface area (Å²) in [6, 6.07) is 9.56. The zero-order valence-electron chi connectivity index (χ0n) is 13.8. The van der Waals surface area contributed by atoms with Crippen molar-refractivity contribution in [3.8, 4) is 11.6 Å². The predicted molar refractivity (Wildman–Crippen MR) is 88.4 cm³/mol. The van der Waals surface area contributed by atoms with Crippen LogP contribution in [0.3, 0.4) is 0 Å². The van der Waals surface area contributed by atoms with Crippen LogP contribution in [0.1, 0.15) is 22.0 Å². The number of amides is 1. The molecule has 1 N–H and O–H groups in total. The lowest BCUT2D eigenvalue weighted by Gasteiger charge is -2.33. The number of aromatic hydroxyl groups is 1. The molecule has 1 aliphatic heterocycles. The van der Waals surface area contributed by atoms with Crippen molar-refractivity contribution in [1.82, 2.24) is 9.88 Å². The number of nitrogens with zero attached hydrogens (tertiary/aromatic N) is 2. The van der Waals surface area contributed by atoms with Gasteiger partial charge in [0.05, 0.1) is 13.2 Å². The molecule has 0 spiro atoms. The Balaban J connectivity index is 1.70. The van der Waals surface area contributed by atoms with Gasteiger partial charge in [-0.05, 0) is 23.8 Å². The molecule has 1 fully saturated rings. The average Bonchev–Trinajstić information content (AvgIpc) is 2.66. The summed E-state index contributed by atoms with van der Waals surface area (Å²) in [6.45, 7) is 0.301. The molecular weight excluding hydrogens is 346 g/mol. The highest BCUT2D eigenvalue weighted by Gasteiger charge is 2.26. The van der Waals surface area contributed by atoms with Gasteiger partial charge in [0.15, 0.2) is 6.61 Å². The molecule has 8 heteroatoms. The molecule has 138 valence electrons. The van der Waals surface area contributed by atoms with Crippen molar-refractivity contribution in [2.45, 2.75) is 12.5 Å². The third-order valence-electron chi connectivity index (χ3n) is 3.93. The van der Waals surface area contributed by atoms with Crippen LogP contribution in [-0.4, -0.2) is 53.6 Å². The van der Waals surface area contributed by atoms with E-state index in [1.165, 1.54) is 18.3 Å². The number of rotatable bonds is 5. The number of halogens is 2. The Morgan fingerprint density at radius 2 is 2.23 bits per heavy atom. The van der Waals surface area contributed by atoms with Gasteiger partial charge in [-0.25, -0.2) is 13.8 Å². The van der Waals surface area contributed by atoms with E-state index in [1.807, 2.05) is 6.07 Å². The van der Waals surface area contributed by atoms with E-state index in [-0.39, 0.29) is 23.6 Å². The first kappa shape index (κ1) is 18.1. The van der Waals surface area contributed by atoms with Crippen LogP contribution in [0.5, 0.6) is 11.6 Å². The van der Waals surface area contributed by atoms with Crippen molar-refractivity contribution in [2.75, 3.05) is 26.3 Å². The fraction of sp³-hybridized carbons (Fsp3) is 0.333. The number of ether oxygens (including phenoxy) is 2. The summed E-state index contributed by atoms with van der Waals surface area (Å²) in [6.07, 6.45) is -1.61. The third kappa shape index (κ3) is 4.45. The molecule has 2 aromatic rings. The van der Waals surface area contributed by atoms with Gasteiger partial charge >= 0.3 is 0 Å². The minimum Gasteiger partial charge on any atom is -0.508 e. The zero-order valence-corrected chi connectivity index (χ0v) is 13.8. The van der Waals surface area contributed by atoms with Gasteiger partial charge in [0.2, 0.25) is 5.88 Å². The van der Waals surface area contributed by atoms with Crippen LogP contribution in [0.4, 0.5) is 8.78 Å². The Hall–Kier alpha value is -2.74. The van der Waals surface area contributed by atoms with Crippen molar-refractivity contribution in [3.05, 3.63) is 53.7 Å². The van der Waals surface area contributed by atoms with Crippen molar-refractivity contribution in [2.24, 2.45) is 0 Å². The number of carbonyl (C=O) groups excluding carboxylic acids is 1. The summed E-state index contributed by atoms with van der Waals surface area (Å²) in [5.41, 5.74) is 1.08. The molecule has 1 unspecified atom stereocenters. The minimum atomic E-state index is -2.61. The highest BCUT2D eigenvalue weighted by atomic mass is 19.3. The Kier molecular flexibility index (Phi) is 5.62. The third-order valence-corrected chi connectivity index (χ3v) is 3.93. The van der Waals surface area contributed by atoms with Gasteiger partial charge in [-0.2, -0.15) is 0 Å². The van der Waals surface area contributed by atoms with E-state index in [0.29, 0.717) is 25.3 Å². The lowest BCUT2D eigenvalue weighted by molar-refractivity contribution is -0.0229. The van der Waals surface area contributed by atoms with Gasteiger partial charge in [0.25, 0.3) is 12.3 Å². The van der Waals surface area contributed by atoms with Gasteiger partial charge < -0.3 is 19.5 Å². The number of benzene rings is 1. The monoisotopic (exact) mass is 364 g/mol. The molecule has 26 heavy (non-hydrogen) atoms. The van der Waals surface area contributed by atoms with E-state index in [9.17, 15) is 18.7 Å². The predicted octanol–water partition coefficient (Wildman–Crippen LogP) is 2.64. The fourth-order valence-corrected chi connectivity index (χ4v) is 2.71. The molecule has 1 saturated heterocycles. The Morgan fingerprint density at radius 3 is 3.00 bits per heavy atom. The Morgan fingerprint density at radius 1 is 1.38 bits per heavy atom. The number of phenols is 1. The lowest BCUT2D eigenvalue weighted by Crippen LogP contribution is -2.42. The van der Waals surface area contributed by atoms with Gasteiger partial charge in [0.1, 0.15) is 11.9 Å². The average molecular weight is 364 g/mol. The summed E-state index contributed by atoms with van der Waals surface area (Å²) in [7, 11) is 0. The number of aromatic nitrogens is 1. The first-order chi connectivity index (χ1) is 12.5. The van der Waals surface area contributed by atoms with Gasteiger partial charge in [-0.15, -0.1) is 0 Å². The topological polar surface area (TPSA) is 71.9 Å². The van der Waals surface area contributed by atoms with E-state index in [0.717, 1.165) is 5.56 Å². The van der Waals surface area contributed by atoms with Gasteiger partial charge in [-0.1, -0.05) is 12.1 Å². The van der Waals surface area contributed by atoms with E-state index in [1.54, 1.807) is 23.1 Å². The van der Waals surface area contributed by atoms with Crippen LogP contribution >= 0.6 is 0 Å². The summed E-state index contributed by atoms with van der Waals surface area (Å²) >= 11 is 0. The van der Waals surface area contributed by atoms with E-state index in [4.69, 9.17) is 9.47 Å². The number of hydrogen-bond donors (Lipinski definition) is 1. The van der Waals surface area contributed by atoms with Gasteiger partial charge in [0, 0.05) is 24.4 Å². The standard InChI is InChI=1S/C18H18F2N2O4/c19-16(20)11-26-17-9-13(4-5-21-17)18(24)22-6-7-25-15(10-22)12-2-1-3-14(23)8-12/h1-5,8-9,15-16,23H,6-7,10-11H2. The maximum absolute atomic E-state index is 12.7. The summed E-state index contributed by atoms with van der Waals surface area (Å²) in [5.74, 6) is -0.152. The van der Waals surface area contributed by atoms with Crippen molar-refractivity contribution >= 4 is 5.91 Å². The second-order valence-corrected chi connectivity index (χ2v) is 5.79. The molecular formula is C18H18F2N2O4. The molecule has 6 nitrogen and oxygen atoms in total. The molecule has 2 heterocycles. The summed E-state index contributed by atoms with van der Waals surface area (Å²) < 4.78 is 35.1. The maximum atomic E-state index is 12.7. The number of phenolic OH excluding ortho intramolecular Hbond substituents is 1. The number of hydrogen-bond acceptors (Lipinski definition) is 5. The first-order valence-corrected chi connectivity index (χ1v) is 8.10. The van der Waals surface area contributed by atoms with Gasteiger partial charge in [-0.3, -0.25) is 4.79 Å². The van der Waals surface area contributed by atoms with E-state index in [2.05, 4.69) is 4.98 Å². The van der Waals surface area contributed by atoms with Crippen LogP contribution in [0, 0.1) is 0 Å². The fourth-order valence-electron chi connectivity index (χ4n) is 2.71. The highest BCUT2D eigenvalue weighted by molar-refractivity contribution is 5.94. The highest BCUT2D eigenvalue weighted by Crippen LogP contribution is 2.26. The molecule has 1 amide bonds. The molecule has 1 aromatic carbocycles. The summed E-state index contributed by atoms with van der Waals surface area (Å²) in [5, 5.41) is 9.61. The van der Waals surface area contributed by atoms with Crippen LogP contribution in [0.2, 0.25) is 0 Å². The molecule has 0 radical (unpaired) electrons. The van der Waals surface area contributed by atoms with Crippen LogP contribution in [0.15, 0.2) is 42.6 Å². The molecule has 1 aromatic heterocycles. The van der Waals surface area contributed by atoms with Crippen molar-refractivity contribution in [3.63, 3.8) is 0 Å². The quantitative estimate of drug-likeness (QED) is 0.883. The lowest BCUT2D eigenvalue weighted by atomic mass is 10.1. The van der Waals surface area contributed by atoms with Crippen LogP contribution < -0.4 is 4.74 Å². The molecule has 0 aliphatic carbocycles. The normalized spacial score (nSPS) is 17.3. The van der Waals surface area contributed by atoms with E-state index >= 15 is 0 Å². The SMILES string of the molecule is O=C(c1ccnc(OCC(F)F)c1)N1CCOC(c2cccc(O)c2)C1. The number of carbonyl (C=O) groups is 1. The Bertz CT molecular complexity index is 772. The smallest absolute Gasteiger partial charge is 0.272 e. The first-order valence-electron chi connectivity index (χ1n) is 8.10. The zero-order chi connectivity index (χ0) is 18.5. The van der Waals surface area contributed by atoms with E-state index < -0.39 is 13.0 Å². The number of alkyl halides is 2. The van der Waals surface area contributed by atoms with Crippen LogP contribution in [-0.2, 0) is 4.74 Å². The molecule has 0 bridgehead atoms. The number of morpholine rings is 1. The molecule has 1 aliphatic rings. The second-order valence-electron chi connectivity index (χ2n) is 5.79.